The summed E-state index contributed by atoms with van der Waals surface area (Å²) in [5.74, 6) is 6.68. The number of nitrogens with one attached hydrogen (secondary N) is 2. The molecule has 0 saturated carbocycles. The van der Waals surface area contributed by atoms with Crippen LogP contribution in [0, 0.1) is 0 Å². The molecular formula is C9H11N5S. The van der Waals surface area contributed by atoms with E-state index >= 15 is 0 Å². The van der Waals surface area contributed by atoms with Crippen molar-refractivity contribution in [3.63, 3.8) is 0 Å². The maximum absolute atomic E-state index is 5.26. The number of nitrogen functional groups attached to an aromatic ring is 1. The Balaban J connectivity index is 1.98. The normalized spacial score (nSPS) is 9.93. The predicted octanol–water partition coefficient (Wildman–Crippen LogP) is 1.44. The zero-order chi connectivity index (χ0) is 10.5. The Kier molecular flexibility index (Phi) is 3.11. The molecule has 0 aromatic carbocycles. The molecule has 2 heterocycles. The van der Waals surface area contributed by atoms with Crippen molar-refractivity contribution in [3.8, 4) is 0 Å². The van der Waals surface area contributed by atoms with Crippen molar-refractivity contribution < 1.29 is 0 Å². The van der Waals surface area contributed by atoms with Gasteiger partial charge in [0.25, 0.3) is 0 Å². The van der Waals surface area contributed by atoms with Crippen LogP contribution in [0.2, 0.25) is 0 Å². The molecule has 0 spiro atoms. The molecule has 5 nitrogen and oxygen atoms in total. The lowest BCUT2D eigenvalue weighted by Gasteiger charge is -2.04. The molecule has 0 saturated heterocycles. The minimum Gasteiger partial charge on any atom is -0.363 e. The molecule has 4 N–H and O–H groups in total. The Morgan fingerprint density at radius 2 is 2.20 bits per heavy atom. The number of pyridine rings is 1. The number of hydrogen-bond donors (Lipinski definition) is 3. The third kappa shape index (κ3) is 2.64. The Hall–Kier alpha value is -1.66. The van der Waals surface area contributed by atoms with E-state index in [0.717, 1.165) is 10.8 Å². The largest absolute Gasteiger partial charge is 0.363 e. The summed E-state index contributed by atoms with van der Waals surface area (Å²) in [4.78, 5) is 8.38. The van der Waals surface area contributed by atoms with Gasteiger partial charge in [-0.05, 0) is 12.1 Å². The molecule has 0 aliphatic heterocycles. The Labute approximate surface area is 91.3 Å². The van der Waals surface area contributed by atoms with Crippen molar-refractivity contribution in [2.24, 2.45) is 5.84 Å². The number of nitrogens with two attached hydrogens (primary N) is 1. The molecule has 2 rings (SSSR count). The lowest BCUT2D eigenvalue weighted by atomic mass is 10.4. The molecule has 0 unspecified atom stereocenters. The molecule has 0 radical (unpaired) electrons. The highest BCUT2D eigenvalue weighted by atomic mass is 32.1. The van der Waals surface area contributed by atoms with Gasteiger partial charge in [-0.1, -0.05) is 6.07 Å². The van der Waals surface area contributed by atoms with E-state index in [4.69, 9.17) is 5.84 Å². The third-order valence-electron chi connectivity index (χ3n) is 1.80. The van der Waals surface area contributed by atoms with E-state index in [1.165, 1.54) is 0 Å². The van der Waals surface area contributed by atoms with Crippen molar-refractivity contribution >= 4 is 23.0 Å². The van der Waals surface area contributed by atoms with Gasteiger partial charge in [0, 0.05) is 11.6 Å². The average molecular weight is 221 g/mol. The summed E-state index contributed by atoms with van der Waals surface area (Å²) < 4.78 is 0. The lowest BCUT2D eigenvalue weighted by Crippen LogP contribution is -2.09. The first-order chi connectivity index (χ1) is 7.38. The van der Waals surface area contributed by atoms with Gasteiger partial charge in [0.05, 0.1) is 6.54 Å². The van der Waals surface area contributed by atoms with Crippen LogP contribution in [-0.4, -0.2) is 9.97 Å². The number of nitrogens with zero attached hydrogens (tertiary/aromatic N) is 2. The molecule has 2 aromatic heterocycles. The molecule has 15 heavy (non-hydrogen) atoms. The van der Waals surface area contributed by atoms with E-state index < -0.39 is 0 Å². The highest BCUT2D eigenvalue weighted by molar-refractivity contribution is 7.09. The Morgan fingerprint density at radius 1 is 1.33 bits per heavy atom. The van der Waals surface area contributed by atoms with E-state index in [9.17, 15) is 0 Å². The third-order valence-corrected chi connectivity index (χ3v) is 2.58. The SMILES string of the molecule is NNc1cccc(NCc2nccs2)n1. The summed E-state index contributed by atoms with van der Waals surface area (Å²) in [6, 6.07) is 5.56. The number of hydrazine groups is 1. The van der Waals surface area contributed by atoms with Crippen LogP contribution >= 0.6 is 11.3 Å². The topological polar surface area (TPSA) is 75.9 Å². The second kappa shape index (κ2) is 4.72. The van der Waals surface area contributed by atoms with Gasteiger partial charge >= 0.3 is 0 Å². The van der Waals surface area contributed by atoms with E-state index in [1.54, 1.807) is 23.6 Å². The van der Waals surface area contributed by atoms with Gasteiger partial charge < -0.3 is 10.7 Å². The predicted molar refractivity (Wildman–Crippen MR) is 61.5 cm³/mol. The summed E-state index contributed by atoms with van der Waals surface area (Å²) in [6.45, 7) is 0.679. The summed E-state index contributed by atoms with van der Waals surface area (Å²) in [5.41, 5.74) is 2.50. The van der Waals surface area contributed by atoms with Crippen molar-refractivity contribution in [1.29, 1.82) is 0 Å². The maximum Gasteiger partial charge on any atom is 0.142 e. The van der Waals surface area contributed by atoms with Crippen molar-refractivity contribution in [1.82, 2.24) is 9.97 Å². The fourth-order valence-electron chi connectivity index (χ4n) is 1.12. The summed E-state index contributed by atoms with van der Waals surface area (Å²) in [7, 11) is 0. The molecule has 0 bridgehead atoms. The number of aromatic nitrogens is 2. The monoisotopic (exact) mass is 221 g/mol. The average Bonchev–Trinajstić information content (AvgIpc) is 2.79. The Bertz CT molecular complexity index is 414. The maximum atomic E-state index is 5.26. The zero-order valence-electron chi connectivity index (χ0n) is 7.97. The molecule has 78 valence electrons. The molecule has 6 heteroatoms. The molecule has 0 amide bonds. The van der Waals surface area contributed by atoms with E-state index in [1.807, 2.05) is 17.5 Å². The first-order valence-corrected chi connectivity index (χ1v) is 5.32. The van der Waals surface area contributed by atoms with Gasteiger partial charge in [0.1, 0.15) is 16.6 Å². The highest BCUT2D eigenvalue weighted by Crippen LogP contribution is 2.10. The van der Waals surface area contributed by atoms with Crippen molar-refractivity contribution in [2.75, 3.05) is 10.7 Å². The number of hydrogen-bond acceptors (Lipinski definition) is 6. The second-order valence-electron chi connectivity index (χ2n) is 2.83. The number of anilines is 2. The van der Waals surface area contributed by atoms with E-state index in [-0.39, 0.29) is 0 Å². The van der Waals surface area contributed by atoms with Gasteiger partial charge in [-0.15, -0.1) is 11.3 Å². The first-order valence-electron chi connectivity index (χ1n) is 4.44. The first kappa shape index (κ1) is 9.88. The number of rotatable bonds is 4. The van der Waals surface area contributed by atoms with E-state index in [2.05, 4.69) is 20.7 Å². The summed E-state index contributed by atoms with van der Waals surface area (Å²) >= 11 is 1.61. The minimum atomic E-state index is 0.638. The summed E-state index contributed by atoms with van der Waals surface area (Å²) in [6.07, 6.45) is 1.78. The quantitative estimate of drug-likeness (QED) is 0.538. The van der Waals surface area contributed by atoms with Crippen LogP contribution in [0.3, 0.4) is 0 Å². The van der Waals surface area contributed by atoms with Crippen LogP contribution < -0.4 is 16.6 Å². The number of thiazole rings is 1. The minimum absolute atomic E-state index is 0.638. The molecule has 0 aliphatic carbocycles. The van der Waals surface area contributed by atoms with Gasteiger partial charge in [-0.3, -0.25) is 0 Å². The lowest BCUT2D eigenvalue weighted by molar-refractivity contribution is 1.07. The molecular weight excluding hydrogens is 210 g/mol. The van der Waals surface area contributed by atoms with Crippen molar-refractivity contribution in [3.05, 3.63) is 34.8 Å². The fourth-order valence-corrected chi connectivity index (χ4v) is 1.68. The van der Waals surface area contributed by atoms with Crippen molar-refractivity contribution in [2.45, 2.75) is 6.54 Å². The van der Waals surface area contributed by atoms with Gasteiger partial charge in [-0.2, -0.15) is 0 Å². The fraction of sp³-hybridized carbons (Fsp3) is 0.111. The summed E-state index contributed by atoms with van der Waals surface area (Å²) in [5, 5.41) is 6.14. The van der Waals surface area contributed by atoms with E-state index in [0.29, 0.717) is 12.4 Å². The van der Waals surface area contributed by atoms with Gasteiger partial charge in [0.2, 0.25) is 0 Å². The van der Waals surface area contributed by atoms with Crippen LogP contribution in [0.25, 0.3) is 0 Å². The Morgan fingerprint density at radius 3 is 2.93 bits per heavy atom. The molecule has 0 fully saturated rings. The van der Waals surface area contributed by atoms with Gasteiger partial charge in [-0.25, -0.2) is 15.8 Å². The van der Waals surface area contributed by atoms with Gasteiger partial charge in [0.15, 0.2) is 0 Å². The molecule has 0 aliphatic rings. The standard InChI is InChI=1S/C9H11N5S/c10-14-8-3-1-2-7(13-8)12-6-9-11-4-5-15-9/h1-5H,6,10H2,(H2,12,13,14). The molecule has 0 atom stereocenters. The molecule has 2 aromatic rings. The zero-order valence-corrected chi connectivity index (χ0v) is 8.79. The smallest absolute Gasteiger partial charge is 0.142 e. The van der Waals surface area contributed by atoms with Crippen LogP contribution in [0.1, 0.15) is 5.01 Å². The second-order valence-corrected chi connectivity index (χ2v) is 3.81. The van der Waals surface area contributed by atoms with Crippen LogP contribution in [-0.2, 0) is 6.54 Å². The van der Waals surface area contributed by atoms with Crippen LogP contribution in [0.4, 0.5) is 11.6 Å². The van der Waals surface area contributed by atoms with Crippen LogP contribution in [0.15, 0.2) is 29.8 Å². The highest BCUT2D eigenvalue weighted by Gasteiger charge is 1.97. The van der Waals surface area contributed by atoms with Crippen LogP contribution in [0.5, 0.6) is 0 Å².